The van der Waals surface area contributed by atoms with Crippen LogP contribution in [0.5, 0.6) is 0 Å². The number of ether oxygens (including phenoxy) is 1. The van der Waals surface area contributed by atoms with E-state index in [4.69, 9.17) is 19.9 Å². The van der Waals surface area contributed by atoms with E-state index < -0.39 is 0 Å². The first-order valence-electron chi connectivity index (χ1n) is 10.6. The van der Waals surface area contributed by atoms with Gasteiger partial charge in [0, 0.05) is 42.5 Å². The number of hydrogen-bond acceptors (Lipinski definition) is 6. The lowest BCUT2D eigenvalue weighted by Crippen LogP contribution is -2.36. The van der Waals surface area contributed by atoms with Gasteiger partial charge in [0.15, 0.2) is 5.65 Å². The van der Waals surface area contributed by atoms with E-state index in [2.05, 4.69) is 10.00 Å². The maximum absolute atomic E-state index is 6.35. The first-order chi connectivity index (χ1) is 14.1. The van der Waals surface area contributed by atoms with Crippen LogP contribution >= 0.6 is 0 Å². The molecule has 7 heteroatoms. The number of nitrogen functional groups attached to an aromatic ring is 1. The summed E-state index contributed by atoms with van der Waals surface area (Å²) >= 11 is 0. The Labute approximate surface area is 170 Å². The zero-order valence-electron chi connectivity index (χ0n) is 17.2. The van der Waals surface area contributed by atoms with E-state index in [1.165, 1.54) is 6.42 Å². The van der Waals surface area contributed by atoms with Gasteiger partial charge in [-0.15, -0.1) is 0 Å². The molecule has 2 N–H and O–H groups in total. The summed E-state index contributed by atoms with van der Waals surface area (Å²) in [6, 6.07) is 6.02. The van der Waals surface area contributed by atoms with Crippen molar-refractivity contribution in [3.8, 4) is 11.3 Å². The fourth-order valence-corrected chi connectivity index (χ4v) is 4.75. The third-order valence-electron chi connectivity index (χ3n) is 6.34. The van der Waals surface area contributed by atoms with Crippen molar-refractivity contribution in [2.45, 2.75) is 39.0 Å². The van der Waals surface area contributed by atoms with E-state index in [0.717, 1.165) is 79.8 Å². The topological polar surface area (TPSA) is 81.8 Å². The Morgan fingerprint density at radius 3 is 2.66 bits per heavy atom. The summed E-state index contributed by atoms with van der Waals surface area (Å²) < 4.78 is 12.9. The van der Waals surface area contributed by atoms with Gasteiger partial charge in [0.25, 0.3) is 0 Å². The lowest BCUT2D eigenvalue weighted by atomic mass is 9.92. The van der Waals surface area contributed by atoms with Crippen molar-refractivity contribution in [1.82, 2.24) is 19.5 Å². The molecule has 3 aromatic rings. The fraction of sp³-hybridized carbons (Fsp3) is 0.545. The van der Waals surface area contributed by atoms with Crippen molar-refractivity contribution in [2.75, 3.05) is 38.6 Å². The second-order valence-electron chi connectivity index (χ2n) is 8.54. The third kappa shape index (κ3) is 3.65. The molecule has 0 aromatic carbocycles. The molecule has 2 fully saturated rings. The molecule has 3 aromatic heterocycles. The van der Waals surface area contributed by atoms with Crippen molar-refractivity contribution in [3.63, 3.8) is 0 Å². The molecule has 0 saturated carbocycles. The van der Waals surface area contributed by atoms with Crippen molar-refractivity contribution >= 4 is 11.5 Å². The summed E-state index contributed by atoms with van der Waals surface area (Å²) in [6.07, 6.45) is 3.45. The molecule has 154 valence electrons. The van der Waals surface area contributed by atoms with E-state index in [0.29, 0.717) is 17.7 Å². The van der Waals surface area contributed by atoms with Crippen LogP contribution in [0, 0.1) is 19.8 Å². The Hall–Kier alpha value is -2.38. The molecule has 2 saturated heterocycles. The third-order valence-corrected chi connectivity index (χ3v) is 6.34. The first kappa shape index (κ1) is 18.6. The maximum atomic E-state index is 6.35. The molecule has 2 aliphatic rings. The van der Waals surface area contributed by atoms with Gasteiger partial charge in [-0.1, -0.05) is 0 Å². The molecule has 5 rings (SSSR count). The monoisotopic (exact) mass is 395 g/mol. The fourth-order valence-electron chi connectivity index (χ4n) is 4.75. The van der Waals surface area contributed by atoms with Gasteiger partial charge in [-0.05, 0) is 58.2 Å². The molecule has 5 heterocycles. The van der Waals surface area contributed by atoms with E-state index in [1.807, 2.05) is 32.0 Å². The normalized spacial score (nSPS) is 21.4. The summed E-state index contributed by atoms with van der Waals surface area (Å²) in [5.74, 6) is 3.54. The Kier molecular flexibility index (Phi) is 4.80. The molecule has 1 atom stereocenters. The minimum Gasteiger partial charge on any atom is -0.466 e. The van der Waals surface area contributed by atoms with Crippen molar-refractivity contribution in [1.29, 1.82) is 0 Å². The van der Waals surface area contributed by atoms with Crippen molar-refractivity contribution in [2.24, 2.45) is 5.92 Å². The Balaban J connectivity index is 1.34. The predicted octanol–water partition coefficient (Wildman–Crippen LogP) is 3.40. The van der Waals surface area contributed by atoms with Gasteiger partial charge in [-0.25, -0.2) is 4.98 Å². The molecule has 0 bridgehead atoms. The summed E-state index contributed by atoms with van der Waals surface area (Å²) in [5.41, 5.74) is 10.1. The minimum atomic E-state index is 0.453. The number of hydrogen-bond donors (Lipinski definition) is 1. The standard InChI is InChI=1S/C22H29N5O2/c1-14-9-18(15(2)29-14)20-11-22-24-19(10-21(23)27(22)25-20)17-3-6-26(7-4-17)12-16-5-8-28-13-16/h9-11,16-17H,3-8,12-13,23H2,1-2H3. The zero-order chi connectivity index (χ0) is 20.0. The Morgan fingerprint density at radius 2 is 1.97 bits per heavy atom. The van der Waals surface area contributed by atoms with Gasteiger partial charge < -0.3 is 19.8 Å². The van der Waals surface area contributed by atoms with Gasteiger partial charge in [0.05, 0.1) is 12.3 Å². The molecule has 2 aliphatic heterocycles. The quantitative estimate of drug-likeness (QED) is 0.729. The highest BCUT2D eigenvalue weighted by Crippen LogP contribution is 2.31. The van der Waals surface area contributed by atoms with Crippen LogP contribution in [0.4, 0.5) is 5.82 Å². The number of piperidine rings is 1. The molecule has 0 spiro atoms. The highest BCUT2D eigenvalue weighted by molar-refractivity contribution is 5.67. The number of likely N-dealkylation sites (tertiary alicyclic amines) is 1. The number of fused-ring (bicyclic) bond motifs is 1. The van der Waals surface area contributed by atoms with Crippen LogP contribution in [0.15, 0.2) is 22.6 Å². The lowest BCUT2D eigenvalue weighted by Gasteiger charge is -2.33. The van der Waals surface area contributed by atoms with Crippen LogP contribution in [0.25, 0.3) is 16.9 Å². The summed E-state index contributed by atoms with van der Waals surface area (Å²) in [5, 5.41) is 4.66. The Morgan fingerprint density at radius 1 is 1.14 bits per heavy atom. The minimum absolute atomic E-state index is 0.453. The number of anilines is 1. The molecule has 7 nitrogen and oxygen atoms in total. The first-order valence-corrected chi connectivity index (χ1v) is 10.6. The average molecular weight is 396 g/mol. The van der Waals surface area contributed by atoms with Gasteiger partial charge in [0.2, 0.25) is 0 Å². The SMILES string of the molecule is Cc1cc(-c2cc3nc(C4CCN(CC5CCOC5)CC4)cc(N)n3n2)c(C)o1. The number of furan rings is 1. The highest BCUT2D eigenvalue weighted by Gasteiger charge is 2.26. The van der Waals surface area contributed by atoms with Crippen LogP contribution in [-0.4, -0.2) is 52.3 Å². The van der Waals surface area contributed by atoms with Crippen LogP contribution < -0.4 is 5.73 Å². The molecule has 1 unspecified atom stereocenters. The maximum Gasteiger partial charge on any atom is 0.158 e. The molecule has 0 radical (unpaired) electrons. The predicted molar refractivity (Wildman–Crippen MR) is 112 cm³/mol. The summed E-state index contributed by atoms with van der Waals surface area (Å²) in [6.45, 7) is 9.15. The molecule has 29 heavy (non-hydrogen) atoms. The highest BCUT2D eigenvalue weighted by atomic mass is 16.5. The molecule has 0 amide bonds. The summed E-state index contributed by atoms with van der Waals surface area (Å²) in [7, 11) is 0. The van der Waals surface area contributed by atoms with Gasteiger partial charge in [0.1, 0.15) is 17.3 Å². The molecular formula is C22H29N5O2. The largest absolute Gasteiger partial charge is 0.466 e. The molecule has 0 aliphatic carbocycles. The second kappa shape index (κ2) is 7.46. The van der Waals surface area contributed by atoms with E-state index >= 15 is 0 Å². The van der Waals surface area contributed by atoms with Crippen LogP contribution in [0.3, 0.4) is 0 Å². The van der Waals surface area contributed by atoms with Crippen LogP contribution in [0.2, 0.25) is 0 Å². The summed E-state index contributed by atoms with van der Waals surface area (Å²) in [4.78, 5) is 7.50. The van der Waals surface area contributed by atoms with E-state index in [1.54, 1.807) is 4.52 Å². The number of aromatic nitrogens is 3. The van der Waals surface area contributed by atoms with Crippen molar-refractivity contribution in [3.05, 3.63) is 35.4 Å². The van der Waals surface area contributed by atoms with Gasteiger partial charge in [-0.2, -0.15) is 9.61 Å². The Bertz CT molecular complexity index is 1010. The van der Waals surface area contributed by atoms with E-state index in [9.17, 15) is 0 Å². The molecular weight excluding hydrogens is 366 g/mol. The number of aryl methyl sites for hydroxylation is 2. The number of nitrogens with two attached hydrogens (primary N) is 1. The zero-order valence-corrected chi connectivity index (χ0v) is 17.2. The van der Waals surface area contributed by atoms with Crippen LogP contribution in [-0.2, 0) is 4.74 Å². The lowest BCUT2D eigenvalue weighted by molar-refractivity contribution is 0.151. The van der Waals surface area contributed by atoms with E-state index in [-0.39, 0.29) is 0 Å². The number of rotatable bonds is 4. The van der Waals surface area contributed by atoms with Gasteiger partial charge >= 0.3 is 0 Å². The van der Waals surface area contributed by atoms with Gasteiger partial charge in [-0.3, -0.25) is 0 Å². The van der Waals surface area contributed by atoms with Crippen molar-refractivity contribution < 1.29 is 9.15 Å². The second-order valence-corrected chi connectivity index (χ2v) is 8.54. The van der Waals surface area contributed by atoms with Crippen LogP contribution in [0.1, 0.15) is 42.4 Å². The average Bonchev–Trinajstić information content (AvgIpc) is 3.42. The number of nitrogens with zero attached hydrogens (tertiary/aromatic N) is 4. The smallest absolute Gasteiger partial charge is 0.158 e.